The van der Waals surface area contributed by atoms with Gasteiger partial charge in [-0.15, -0.1) is 4.57 Å². The van der Waals surface area contributed by atoms with Gasteiger partial charge in [0.05, 0.1) is 6.92 Å². The largest absolute Gasteiger partial charge is 1.00 e. The van der Waals surface area contributed by atoms with Crippen LogP contribution in [0.15, 0.2) is 126 Å². The van der Waals surface area contributed by atoms with Gasteiger partial charge in [-0.25, -0.2) is 4.79 Å². The molecule has 4 aromatic rings. The van der Waals surface area contributed by atoms with Gasteiger partial charge in [0.25, 0.3) is 0 Å². The summed E-state index contributed by atoms with van der Waals surface area (Å²) in [4.78, 5) is 33.7. The first kappa shape index (κ1) is 29.5. The van der Waals surface area contributed by atoms with E-state index in [9.17, 15) is 14.4 Å². The van der Waals surface area contributed by atoms with E-state index in [1.807, 2.05) is 78.9 Å². The Morgan fingerprint density at radius 2 is 0.973 bits per heavy atom. The molecule has 5 nitrogen and oxygen atoms in total. The van der Waals surface area contributed by atoms with Gasteiger partial charge in [-0.3, -0.25) is 9.59 Å². The number of benzene rings is 3. The van der Waals surface area contributed by atoms with Gasteiger partial charge in [0.2, 0.25) is 11.6 Å². The molecule has 1 heterocycles. The van der Waals surface area contributed by atoms with Crippen LogP contribution in [0.4, 0.5) is 11.4 Å². The van der Waals surface area contributed by atoms with Gasteiger partial charge in [-0.2, -0.15) is 0 Å². The molecule has 188 valence electrons. The van der Waals surface area contributed by atoms with Crippen molar-refractivity contribution in [1.82, 2.24) is 0 Å². The Hall–Kier alpha value is -3.77. The molecule has 0 radical (unpaired) electrons. The molecule has 5 rings (SSSR count). The standard InChI is InChI=1S/C12H11N.C10H4Cl2O2.C7H8NO.ClH/c1-3-7-11(8-4-1)13-12-9-5-2-6-10-12;11-7-8(12)10(14)6-4-2-1-3-5(6)9(7)13;1-7(9)8-5-3-2-4-6-8;/h1-10,13H;1-4H;2-6H,1H3;1H/q;;+1;/p-1. The van der Waals surface area contributed by atoms with E-state index in [4.69, 9.17) is 23.2 Å². The number of rotatable bonds is 2. The number of hydrogen-bond donors (Lipinski definition) is 1. The van der Waals surface area contributed by atoms with Crippen LogP contribution in [0.3, 0.4) is 0 Å². The number of Topliss-reactive ketones (excluding diaryl/α,β-unsaturated/α-hetero) is 2. The number of halogens is 3. The number of pyridine rings is 1. The van der Waals surface area contributed by atoms with Crippen molar-refractivity contribution >= 4 is 52.1 Å². The third-order valence-electron chi connectivity index (χ3n) is 4.92. The second-order valence-corrected chi connectivity index (χ2v) is 8.25. The molecule has 0 atom stereocenters. The van der Waals surface area contributed by atoms with E-state index in [-0.39, 0.29) is 28.4 Å². The van der Waals surface area contributed by atoms with E-state index in [2.05, 4.69) is 5.32 Å². The van der Waals surface area contributed by atoms with E-state index in [0.29, 0.717) is 11.1 Å². The quantitative estimate of drug-likeness (QED) is 0.383. The van der Waals surface area contributed by atoms with Gasteiger partial charge in [-0.1, -0.05) is 89.9 Å². The van der Waals surface area contributed by atoms with Gasteiger partial charge in [-0.05, 0) is 24.3 Å². The Bertz CT molecular complexity index is 1300. The van der Waals surface area contributed by atoms with Gasteiger partial charge in [0, 0.05) is 34.6 Å². The van der Waals surface area contributed by atoms with Crippen LogP contribution in [-0.2, 0) is 0 Å². The molecule has 0 bridgehead atoms. The first-order valence-electron chi connectivity index (χ1n) is 11.0. The van der Waals surface area contributed by atoms with Crippen molar-refractivity contribution in [2.75, 3.05) is 5.32 Å². The maximum Gasteiger partial charge on any atom is 0.389 e. The minimum atomic E-state index is -0.396. The number of nitrogens with zero attached hydrogens (tertiary/aromatic N) is 1. The van der Waals surface area contributed by atoms with Crippen molar-refractivity contribution in [2.24, 2.45) is 0 Å². The average Bonchev–Trinajstić information content (AvgIpc) is 2.93. The zero-order valence-corrected chi connectivity index (χ0v) is 22.0. The molecular formula is C29H23Cl3N2O3. The highest BCUT2D eigenvalue weighted by atomic mass is 35.5. The molecule has 8 heteroatoms. The number of carbonyl (C=O) groups is 3. The summed E-state index contributed by atoms with van der Waals surface area (Å²) in [7, 11) is 0. The molecule has 0 fully saturated rings. The zero-order chi connectivity index (χ0) is 25.9. The molecule has 1 N–H and O–H groups in total. The number of aromatic nitrogens is 1. The van der Waals surface area contributed by atoms with Crippen molar-refractivity contribution in [1.29, 1.82) is 0 Å². The number of nitrogens with one attached hydrogen (secondary N) is 1. The highest BCUT2D eigenvalue weighted by molar-refractivity contribution is 6.59. The lowest BCUT2D eigenvalue weighted by Gasteiger charge is -2.12. The summed E-state index contributed by atoms with van der Waals surface area (Å²) >= 11 is 11.2. The predicted molar refractivity (Wildman–Crippen MR) is 143 cm³/mol. The molecule has 1 aliphatic carbocycles. The fourth-order valence-electron chi connectivity index (χ4n) is 3.13. The molecule has 0 saturated heterocycles. The smallest absolute Gasteiger partial charge is 0.389 e. The molecule has 0 saturated carbocycles. The molecule has 1 aliphatic rings. The molecule has 0 amide bonds. The molecule has 0 unspecified atom stereocenters. The minimum Gasteiger partial charge on any atom is -1.00 e. The molecule has 0 spiro atoms. The highest BCUT2D eigenvalue weighted by Gasteiger charge is 2.29. The first-order chi connectivity index (χ1) is 17.4. The number of fused-ring (bicyclic) bond motifs is 1. The lowest BCUT2D eigenvalue weighted by atomic mass is 9.95. The van der Waals surface area contributed by atoms with Crippen LogP contribution in [0.1, 0.15) is 32.4 Å². The fourth-order valence-corrected chi connectivity index (χ4v) is 3.51. The normalized spacial score (nSPS) is 11.5. The summed E-state index contributed by atoms with van der Waals surface area (Å²) < 4.78 is 1.53. The predicted octanol–water partition coefficient (Wildman–Crippen LogP) is 3.82. The topological polar surface area (TPSA) is 67.1 Å². The van der Waals surface area contributed by atoms with Crippen LogP contribution in [0.5, 0.6) is 0 Å². The van der Waals surface area contributed by atoms with Crippen molar-refractivity contribution < 1.29 is 31.4 Å². The van der Waals surface area contributed by atoms with E-state index in [1.54, 1.807) is 36.7 Å². The number of para-hydroxylation sites is 2. The van der Waals surface area contributed by atoms with Gasteiger partial charge >= 0.3 is 5.91 Å². The lowest BCUT2D eigenvalue weighted by Crippen LogP contribution is -3.00. The third-order valence-corrected chi connectivity index (χ3v) is 5.74. The molecular weight excluding hydrogens is 531 g/mol. The maximum atomic E-state index is 11.5. The summed E-state index contributed by atoms with van der Waals surface area (Å²) in [6.45, 7) is 1.53. The summed E-state index contributed by atoms with van der Waals surface area (Å²) in [6, 6.07) is 32.3. The Morgan fingerprint density at radius 1 is 0.622 bits per heavy atom. The van der Waals surface area contributed by atoms with Crippen LogP contribution in [0.25, 0.3) is 0 Å². The fraction of sp³-hybridized carbons (Fsp3) is 0.0345. The van der Waals surface area contributed by atoms with Crippen LogP contribution in [0.2, 0.25) is 0 Å². The zero-order valence-electron chi connectivity index (χ0n) is 19.8. The van der Waals surface area contributed by atoms with Crippen LogP contribution in [-0.4, -0.2) is 17.5 Å². The minimum absolute atomic E-state index is 0. The molecule has 1 aromatic heterocycles. The number of carbonyl (C=O) groups excluding carboxylic acids is 3. The van der Waals surface area contributed by atoms with Crippen LogP contribution < -0.4 is 22.3 Å². The Morgan fingerprint density at radius 3 is 1.32 bits per heavy atom. The van der Waals surface area contributed by atoms with Crippen molar-refractivity contribution in [2.45, 2.75) is 6.92 Å². The van der Waals surface area contributed by atoms with E-state index in [0.717, 1.165) is 11.4 Å². The molecule has 3 aromatic carbocycles. The van der Waals surface area contributed by atoms with E-state index in [1.165, 1.54) is 11.5 Å². The number of hydrogen-bond acceptors (Lipinski definition) is 4. The Kier molecular flexibility index (Phi) is 11.7. The number of ketones is 2. The Labute approximate surface area is 231 Å². The second kappa shape index (κ2) is 14.7. The van der Waals surface area contributed by atoms with Gasteiger partial charge in [0.1, 0.15) is 10.1 Å². The average molecular weight is 554 g/mol. The summed E-state index contributed by atoms with van der Waals surface area (Å²) in [6.07, 6.45) is 3.45. The van der Waals surface area contributed by atoms with E-state index < -0.39 is 11.6 Å². The third kappa shape index (κ3) is 8.40. The number of anilines is 2. The Balaban J connectivity index is 0.000000197. The molecule has 37 heavy (non-hydrogen) atoms. The summed E-state index contributed by atoms with van der Waals surface area (Å²) in [5.41, 5.74) is 2.86. The lowest BCUT2D eigenvalue weighted by molar-refractivity contribution is -0.572. The SMILES string of the molecule is CC(=O)[n+]1ccccc1.O=C1C(Cl)=C(Cl)C(=O)c2ccccc21.[Cl-].c1ccc(Nc2ccccc2)cc1. The maximum absolute atomic E-state index is 11.5. The van der Waals surface area contributed by atoms with Gasteiger partial charge in [0.15, 0.2) is 12.4 Å². The second-order valence-electron chi connectivity index (χ2n) is 7.49. The first-order valence-corrected chi connectivity index (χ1v) is 11.7. The van der Waals surface area contributed by atoms with Gasteiger partial charge < -0.3 is 17.7 Å². The number of allylic oxidation sites excluding steroid dienone is 2. The van der Waals surface area contributed by atoms with Crippen LogP contribution >= 0.6 is 23.2 Å². The summed E-state index contributed by atoms with van der Waals surface area (Å²) in [5.74, 6) is -0.755. The van der Waals surface area contributed by atoms with Crippen molar-refractivity contribution in [3.8, 4) is 0 Å². The monoisotopic (exact) mass is 552 g/mol. The summed E-state index contributed by atoms with van der Waals surface area (Å²) in [5, 5.41) is 2.91. The van der Waals surface area contributed by atoms with Crippen molar-refractivity contribution in [3.63, 3.8) is 0 Å². The van der Waals surface area contributed by atoms with Crippen LogP contribution in [0, 0.1) is 0 Å². The molecule has 0 aliphatic heterocycles. The van der Waals surface area contributed by atoms with E-state index >= 15 is 0 Å². The van der Waals surface area contributed by atoms with Crippen molar-refractivity contribution in [3.05, 3.63) is 137 Å². The highest BCUT2D eigenvalue weighted by Crippen LogP contribution is 2.30.